The summed E-state index contributed by atoms with van der Waals surface area (Å²) in [5, 5.41) is 5.35. The molecule has 0 fully saturated rings. The number of hydrogen-bond acceptors (Lipinski definition) is 0. The molecule has 6 aromatic carbocycles. The van der Waals surface area contributed by atoms with Crippen molar-refractivity contribution in [3.05, 3.63) is 131 Å². The van der Waals surface area contributed by atoms with Gasteiger partial charge >= 0.3 is 37.9 Å². The van der Waals surface area contributed by atoms with Crippen molar-refractivity contribution < 1.29 is 20.8 Å². The first-order valence-corrected chi connectivity index (χ1v) is 23.2. The monoisotopic (exact) mass is 718 g/mol. The molecule has 1 aliphatic carbocycles. The third kappa shape index (κ3) is 7.09. The molecule has 0 aliphatic heterocycles. The zero-order valence-corrected chi connectivity index (χ0v) is 31.0. The third-order valence-electron chi connectivity index (χ3n) is 9.59. The number of fused-ring (bicyclic) bond motifs is 5. The Kier molecular flexibility index (Phi) is 11.5. The molecule has 0 N–H and O–H groups in total. The summed E-state index contributed by atoms with van der Waals surface area (Å²) in [6.45, 7) is 4.61. The second kappa shape index (κ2) is 15.9. The van der Waals surface area contributed by atoms with E-state index in [9.17, 15) is 0 Å². The molecular formula is C43H42Cl2Zr. The number of unbranched alkanes of at least 4 members (excludes halogenated alkanes) is 4. The van der Waals surface area contributed by atoms with Gasteiger partial charge in [-0.05, 0) is 121 Å². The predicted octanol–water partition coefficient (Wildman–Crippen LogP) is 13.7. The maximum atomic E-state index is 4.93. The van der Waals surface area contributed by atoms with Gasteiger partial charge in [-0.3, -0.25) is 0 Å². The number of rotatable bonds is 10. The van der Waals surface area contributed by atoms with Gasteiger partial charge in [0.15, 0.2) is 0 Å². The molecule has 0 unspecified atom stereocenters. The van der Waals surface area contributed by atoms with Crippen LogP contribution in [0.1, 0.15) is 74.6 Å². The Balaban J connectivity index is 0.00000119. The van der Waals surface area contributed by atoms with E-state index in [2.05, 4.69) is 123 Å². The SMILES string of the molecule is CCCCCc1cc2c(cc1-c1cccc3ccccc13)Cc1cc(-c3cccc4ccccc34)c(CCCCC)cc1-2.[Cl][Zr][Cl]. The van der Waals surface area contributed by atoms with Gasteiger partial charge in [0.25, 0.3) is 0 Å². The summed E-state index contributed by atoms with van der Waals surface area (Å²) in [6, 6.07) is 41.6. The summed E-state index contributed by atoms with van der Waals surface area (Å²) in [4.78, 5) is 0. The van der Waals surface area contributed by atoms with Crippen molar-refractivity contribution in [2.45, 2.75) is 71.6 Å². The Morgan fingerprint density at radius 3 is 1.33 bits per heavy atom. The van der Waals surface area contributed by atoms with Gasteiger partial charge in [-0.1, -0.05) is 137 Å². The van der Waals surface area contributed by atoms with Crippen molar-refractivity contribution in [3.8, 4) is 33.4 Å². The standard InChI is InChI=1S/C43H42.2ClH.Zr/c1-3-5-7-17-32-26-42-34(28-40(32)38-23-13-19-30-15-9-11-21-36(30)38)25-35-29-41(33(27-43(35)42)18-8-6-4-2)39-24-14-20-31-16-10-12-22-37(31)39;;;/h9-16,19-24,26-29H,3-8,17-18,25H2,1-2H3;2*1H;/q;;;+2/p-2. The summed E-state index contributed by atoms with van der Waals surface area (Å²) in [5.41, 5.74) is 14.5. The van der Waals surface area contributed by atoms with Crippen LogP contribution >= 0.6 is 17.0 Å². The van der Waals surface area contributed by atoms with Gasteiger partial charge in [0.2, 0.25) is 0 Å². The molecule has 6 aromatic rings. The second-order valence-corrected chi connectivity index (χ2v) is 16.3. The molecule has 0 amide bonds. The molecule has 0 heterocycles. The first kappa shape index (κ1) is 33.2. The van der Waals surface area contributed by atoms with Gasteiger partial charge in [-0.2, -0.15) is 0 Å². The summed E-state index contributed by atoms with van der Waals surface area (Å²) in [7, 11) is 9.87. The molecule has 7 rings (SSSR count). The van der Waals surface area contributed by atoms with Crippen molar-refractivity contribution in [2.24, 2.45) is 0 Å². The molecule has 3 heteroatoms. The fraction of sp³-hybridized carbons (Fsp3) is 0.256. The van der Waals surface area contributed by atoms with Crippen molar-refractivity contribution in [3.63, 3.8) is 0 Å². The van der Waals surface area contributed by atoms with Crippen LogP contribution in [0, 0.1) is 0 Å². The van der Waals surface area contributed by atoms with E-state index in [1.165, 1.54) is 116 Å². The number of benzene rings is 6. The summed E-state index contributed by atoms with van der Waals surface area (Å²) in [6.07, 6.45) is 10.8. The normalized spacial score (nSPS) is 11.7. The molecule has 0 radical (unpaired) electrons. The summed E-state index contributed by atoms with van der Waals surface area (Å²) >= 11 is -0.826. The van der Waals surface area contributed by atoms with Gasteiger partial charge < -0.3 is 0 Å². The van der Waals surface area contributed by atoms with Crippen molar-refractivity contribution >= 4 is 38.6 Å². The average molecular weight is 721 g/mol. The van der Waals surface area contributed by atoms with Crippen LogP contribution in [0.3, 0.4) is 0 Å². The minimum absolute atomic E-state index is 0.826. The quantitative estimate of drug-likeness (QED) is 0.123. The Morgan fingerprint density at radius 1 is 0.478 bits per heavy atom. The fourth-order valence-corrected chi connectivity index (χ4v) is 7.34. The third-order valence-corrected chi connectivity index (χ3v) is 9.59. The molecule has 0 saturated carbocycles. The van der Waals surface area contributed by atoms with Crippen molar-refractivity contribution in [2.75, 3.05) is 0 Å². The van der Waals surface area contributed by atoms with Crippen LogP contribution in [-0.4, -0.2) is 0 Å². The molecule has 46 heavy (non-hydrogen) atoms. The van der Waals surface area contributed by atoms with E-state index in [4.69, 9.17) is 17.0 Å². The average Bonchev–Trinajstić information content (AvgIpc) is 3.44. The van der Waals surface area contributed by atoms with E-state index in [0.717, 1.165) is 19.3 Å². The number of halogens is 2. The maximum absolute atomic E-state index is 4.93. The molecule has 0 aromatic heterocycles. The summed E-state index contributed by atoms with van der Waals surface area (Å²) in [5.74, 6) is 0. The Bertz CT molecular complexity index is 1810. The first-order chi connectivity index (χ1) is 22.7. The Labute approximate surface area is 293 Å². The van der Waals surface area contributed by atoms with Crippen LogP contribution in [-0.2, 0) is 40.1 Å². The molecule has 0 saturated heterocycles. The fourth-order valence-electron chi connectivity index (χ4n) is 7.34. The van der Waals surface area contributed by atoms with E-state index in [0.29, 0.717) is 0 Å². The van der Waals surface area contributed by atoms with Crippen molar-refractivity contribution in [1.82, 2.24) is 0 Å². The molecule has 0 atom stereocenters. The Morgan fingerprint density at radius 2 is 0.891 bits per heavy atom. The molecule has 0 bridgehead atoms. The minimum atomic E-state index is -0.826. The van der Waals surface area contributed by atoms with E-state index in [1.54, 1.807) is 0 Å². The van der Waals surface area contributed by atoms with Crippen molar-refractivity contribution in [1.29, 1.82) is 0 Å². The molecule has 232 valence electrons. The van der Waals surface area contributed by atoms with E-state index >= 15 is 0 Å². The number of aryl methyl sites for hydroxylation is 2. The van der Waals surface area contributed by atoms with Crippen LogP contribution < -0.4 is 0 Å². The van der Waals surface area contributed by atoms with Gasteiger partial charge in [-0.25, -0.2) is 0 Å². The van der Waals surface area contributed by atoms with E-state index < -0.39 is 20.8 Å². The summed E-state index contributed by atoms with van der Waals surface area (Å²) < 4.78 is 0. The predicted molar refractivity (Wildman–Crippen MR) is 199 cm³/mol. The van der Waals surface area contributed by atoms with Gasteiger partial charge in [0, 0.05) is 0 Å². The first-order valence-electron chi connectivity index (χ1n) is 16.9. The topological polar surface area (TPSA) is 0 Å². The van der Waals surface area contributed by atoms with E-state index in [1.807, 2.05) is 0 Å². The molecule has 1 aliphatic rings. The molecular weight excluding hydrogens is 679 g/mol. The van der Waals surface area contributed by atoms with E-state index in [-0.39, 0.29) is 0 Å². The van der Waals surface area contributed by atoms with Crippen LogP contribution in [0.15, 0.2) is 109 Å². The van der Waals surface area contributed by atoms with Crippen LogP contribution in [0.5, 0.6) is 0 Å². The Hall–Kier alpha value is -2.70. The van der Waals surface area contributed by atoms with Crippen LogP contribution in [0.2, 0.25) is 0 Å². The zero-order chi connectivity index (χ0) is 31.9. The van der Waals surface area contributed by atoms with Crippen LogP contribution in [0.4, 0.5) is 0 Å². The van der Waals surface area contributed by atoms with Gasteiger partial charge in [-0.15, -0.1) is 0 Å². The molecule has 0 nitrogen and oxygen atoms in total. The van der Waals surface area contributed by atoms with Gasteiger partial charge in [0.05, 0.1) is 0 Å². The molecule has 0 spiro atoms. The number of hydrogen-bond donors (Lipinski definition) is 0. The second-order valence-electron chi connectivity index (χ2n) is 12.5. The van der Waals surface area contributed by atoms with Crippen LogP contribution in [0.25, 0.3) is 54.9 Å². The van der Waals surface area contributed by atoms with Gasteiger partial charge in [0.1, 0.15) is 0 Å². The zero-order valence-electron chi connectivity index (χ0n) is 27.0.